The molecule has 0 amide bonds. The van der Waals surface area contributed by atoms with Crippen LogP contribution >= 0.6 is 0 Å². The van der Waals surface area contributed by atoms with Gasteiger partial charge in [-0.05, 0) is 16.7 Å². The van der Waals surface area contributed by atoms with Gasteiger partial charge < -0.3 is 28.8 Å². The van der Waals surface area contributed by atoms with Gasteiger partial charge in [-0.3, -0.25) is 0 Å². The molecule has 0 saturated carbocycles. The molecule has 6 nitrogen and oxygen atoms in total. The van der Waals surface area contributed by atoms with Crippen molar-refractivity contribution in [2.75, 3.05) is 13.7 Å². The van der Waals surface area contributed by atoms with Crippen molar-refractivity contribution in [2.45, 2.75) is 50.5 Å². The van der Waals surface area contributed by atoms with Gasteiger partial charge in [-0.1, -0.05) is 91.0 Å². The summed E-state index contributed by atoms with van der Waals surface area (Å²) in [4.78, 5) is 0. The summed E-state index contributed by atoms with van der Waals surface area (Å²) in [5, 5.41) is 12.1. The quantitative estimate of drug-likeness (QED) is 0.368. The van der Waals surface area contributed by atoms with Gasteiger partial charge in [0, 0.05) is 7.11 Å². The minimum absolute atomic E-state index is 0. The van der Waals surface area contributed by atoms with Crippen LogP contribution in [0.5, 0.6) is 0 Å². The molecule has 0 N–H and O–H groups in total. The molecule has 0 bridgehead atoms. The van der Waals surface area contributed by atoms with Gasteiger partial charge in [-0.25, -0.2) is 0 Å². The van der Waals surface area contributed by atoms with E-state index in [1.165, 1.54) is 0 Å². The maximum atomic E-state index is 12.1. The molecule has 7 heteroatoms. The molecule has 4 rings (SSSR count). The Hall–Kier alpha value is -1.58. The fourth-order valence-corrected chi connectivity index (χ4v) is 4.07. The van der Waals surface area contributed by atoms with Crippen LogP contribution in [0.2, 0.25) is 0 Å². The van der Waals surface area contributed by atoms with E-state index in [2.05, 4.69) is 0 Å². The number of methoxy groups -OCH3 is 1. The zero-order valence-electron chi connectivity index (χ0n) is 20.3. The normalized spacial score (nSPS) is 24.0. The summed E-state index contributed by atoms with van der Waals surface area (Å²) >= 11 is 0. The van der Waals surface area contributed by atoms with Crippen molar-refractivity contribution in [1.82, 2.24) is 0 Å². The van der Waals surface area contributed by atoms with E-state index >= 15 is 0 Å². The van der Waals surface area contributed by atoms with E-state index in [0.717, 1.165) is 16.7 Å². The van der Waals surface area contributed by atoms with Gasteiger partial charge in [-0.2, -0.15) is 0 Å². The van der Waals surface area contributed by atoms with Crippen LogP contribution in [0.25, 0.3) is 0 Å². The van der Waals surface area contributed by atoms with Crippen molar-refractivity contribution in [3.05, 3.63) is 108 Å². The van der Waals surface area contributed by atoms with Crippen molar-refractivity contribution in [1.29, 1.82) is 0 Å². The molecule has 3 unspecified atom stereocenters. The largest absolute Gasteiger partial charge is 1.00 e. The Morgan fingerprint density at radius 3 is 1.43 bits per heavy atom. The van der Waals surface area contributed by atoms with Gasteiger partial charge in [-0.15, -0.1) is 6.61 Å². The van der Waals surface area contributed by atoms with Crippen LogP contribution in [-0.4, -0.2) is 44.4 Å². The summed E-state index contributed by atoms with van der Waals surface area (Å²) in [5.41, 5.74) is 3.04. The predicted molar refractivity (Wildman–Crippen MR) is 126 cm³/mol. The van der Waals surface area contributed by atoms with E-state index < -0.39 is 37.3 Å². The molecule has 1 aliphatic heterocycles. The fraction of sp³-hybridized carbons (Fsp3) is 0.357. The average molecular weight is 487 g/mol. The number of rotatable bonds is 11. The first-order chi connectivity index (χ1) is 16.8. The zero-order chi connectivity index (χ0) is 23.6. The second kappa shape index (κ2) is 14.9. The Kier molecular flexibility index (Phi) is 11.9. The van der Waals surface area contributed by atoms with E-state index in [0.29, 0.717) is 19.8 Å². The molecule has 1 heterocycles. The summed E-state index contributed by atoms with van der Waals surface area (Å²) in [5.74, 6) is 0. The minimum atomic E-state index is -0.750. The van der Waals surface area contributed by atoms with Crippen molar-refractivity contribution >= 4 is 0 Å². The molecule has 0 aromatic heterocycles. The second-order valence-electron chi connectivity index (χ2n) is 8.23. The summed E-state index contributed by atoms with van der Waals surface area (Å²) in [6.07, 6.45) is -3.25. The topological polar surface area (TPSA) is 69.2 Å². The molecule has 3 aromatic carbocycles. The molecular formula is C28H31NaO6. The van der Waals surface area contributed by atoms with Gasteiger partial charge >= 0.3 is 29.6 Å². The van der Waals surface area contributed by atoms with Crippen LogP contribution in [0.15, 0.2) is 91.0 Å². The van der Waals surface area contributed by atoms with Crippen LogP contribution in [0.1, 0.15) is 16.7 Å². The molecule has 1 aliphatic rings. The molecule has 180 valence electrons. The van der Waals surface area contributed by atoms with E-state index in [1.54, 1.807) is 7.11 Å². The van der Waals surface area contributed by atoms with Gasteiger partial charge in [0.05, 0.1) is 25.9 Å². The van der Waals surface area contributed by atoms with E-state index in [1.807, 2.05) is 91.0 Å². The van der Waals surface area contributed by atoms with Crippen LogP contribution in [0.3, 0.4) is 0 Å². The number of hydrogen-bond donors (Lipinski definition) is 0. The third-order valence-corrected chi connectivity index (χ3v) is 5.84. The third kappa shape index (κ3) is 7.95. The smallest absolute Gasteiger partial charge is 0.853 e. The molecule has 0 radical (unpaired) electrons. The first-order valence-electron chi connectivity index (χ1n) is 11.5. The van der Waals surface area contributed by atoms with E-state index in [4.69, 9.17) is 23.7 Å². The Bertz CT molecular complexity index is 901. The third-order valence-electron chi connectivity index (χ3n) is 5.84. The second-order valence-corrected chi connectivity index (χ2v) is 8.23. The first kappa shape index (κ1) is 28.0. The van der Waals surface area contributed by atoms with Crippen molar-refractivity contribution in [2.24, 2.45) is 0 Å². The van der Waals surface area contributed by atoms with Gasteiger partial charge in [0.1, 0.15) is 18.3 Å². The molecule has 0 aliphatic carbocycles. The van der Waals surface area contributed by atoms with Crippen molar-refractivity contribution < 1.29 is 58.3 Å². The number of benzene rings is 3. The van der Waals surface area contributed by atoms with Gasteiger partial charge in [0.2, 0.25) is 0 Å². The molecule has 1 fully saturated rings. The number of ether oxygens (including phenoxy) is 5. The SMILES string of the molecule is CO[C@H]1OC(C[O-])[C@@H](OCc2ccccc2)C(OCc2ccccc2)C1OCc1ccccc1.[Na+]. The maximum absolute atomic E-state index is 12.1. The van der Waals surface area contributed by atoms with E-state index in [-0.39, 0.29) is 29.6 Å². The Labute approximate surface area is 229 Å². The molecular weight excluding hydrogens is 455 g/mol. The summed E-state index contributed by atoms with van der Waals surface area (Å²) < 4.78 is 30.5. The molecule has 0 spiro atoms. The minimum Gasteiger partial charge on any atom is -0.853 e. The monoisotopic (exact) mass is 486 g/mol. The zero-order valence-corrected chi connectivity index (χ0v) is 22.3. The van der Waals surface area contributed by atoms with Crippen LogP contribution in [0, 0.1) is 0 Å². The van der Waals surface area contributed by atoms with Crippen LogP contribution < -0.4 is 34.7 Å². The Morgan fingerprint density at radius 1 is 0.629 bits per heavy atom. The molecule has 35 heavy (non-hydrogen) atoms. The van der Waals surface area contributed by atoms with Crippen LogP contribution in [-0.2, 0) is 43.5 Å². The van der Waals surface area contributed by atoms with Crippen LogP contribution in [0.4, 0.5) is 0 Å². The average Bonchev–Trinajstić information content (AvgIpc) is 2.91. The van der Waals surface area contributed by atoms with Crippen molar-refractivity contribution in [3.8, 4) is 0 Å². The maximum Gasteiger partial charge on any atom is 1.00 e. The molecule has 3 aromatic rings. The molecule has 5 atom stereocenters. The van der Waals surface area contributed by atoms with Crippen molar-refractivity contribution in [3.63, 3.8) is 0 Å². The Morgan fingerprint density at radius 2 is 1.03 bits per heavy atom. The summed E-state index contributed by atoms with van der Waals surface area (Å²) in [6, 6.07) is 29.6. The molecule has 1 saturated heterocycles. The van der Waals surface area contributed by atoms with Gasteiger partial charge in [0.15, 0.2) is 6.29 Å². The summed E-state index contributed by atoms with van der Waals surface area (Å²) in [6.45, 7) is 0.562. The Balaban J connectivity index is 0.00000342. The van der Waals surface area contributed by atoms with Gasteiger partial charge in [0.25, 0.3) is 0 Å². The standard InChI is InChI=1S/C28H31O6.Na/c1-30-28-27(33-20-23-15-9-4-10-16-23)26(32-19-22-13-7-3-8-14-22)25(24(17-29)34-28)31-18-21-11-5-2-6-12-21;/h2-16,24-28H,17-20H2,1H3;/q-1;+1/t24?,25-,26?,27?,28+;/m1./s1. The summed E-state index contributed by atoms with van der Waals surface area (Å²) in [7, 11) is 1.55. The number of hydrogen-bond acceptors (Lipinski definition) is 6. The first-order valence-corrected chi connectivity index (χ1v) is 11.5. The van der Waals surface area contributed by atoms with E-state index in [9.17, 15) is 5.11 Å². The predicted octanol–water partition coefficient (Wildman–Crippen LogP) is 0.478. The fourth-order valence-electron chi connectivity index (χ4n) is 4.07.